The van der Waals surface area contributed by atoms with Crippen LogP contribution in [-0.4, -0.2) is 26.7 Å². The summed E-state index contributed by atoms with van der Waals surface area (Å²) in [6, 6.07) is 18.3. The highest BCUT2D eigenvalue weighted by Gasteiger charge is 2.48. The maximum Gasteiger partial charge on any atom is 0.258 e. The van der Waals surface area contributed by atoms with Crippen LogP contribution in [0.1, 0.15) is 49.1 Å². The summed E-state index contributed by atoms with van der Waals surface area (Å²) in [5.41, 5.74) is 2.39. The van der Waals surface area contributed by atoms with E-state index in [0.29, 0.717) is 23.2 Å². The first-order chi connectivity index (χ1) is 13.2. The van der Waals surface area contributed by atoms with E-state index in [0.717, 1.165) is 10.4 Å². The van der Waals surface area contributed by atoms with Gasteiger partial charge in [0.15, 0.2) is 6.23 Å². The molecule has 2 atom stereocenters. The second-order valence-corrected chi connectivity index (χ2v) is 7.68. The van der Waals surface area contributed by atoms with Crippen LogP contribution in [0.5, 0.6) is 0 Å². The van der Waals surface area contributed by atoms with E-state index in [-0.39, 0.29) is 11.8 Å². The van der Waals surface area contributed by atoms with Crippen LogP contribution in [-0.2, 0) is 6.54 Å². The van der Waals surface area contributed by atoms with Crippen LogP contribution in [0.25, 0.3) is 0 Å². The number of benzene rings is 2. The number of rotatable bonds is 3. The highest BCUT2D eigenvalue weighted by atomic mass is 32.1. The van der Waals surface area contributed by atoms with E-state index in [4.69, 9.17) is 0 Å². The maximum absolute atomic E-state index is 13.1. The number of aliphatic hydroxyl groups excluding tert-OH is 1. The normalized spacial score (nSPS) is 20.9. The largest absolute Gasteiger partial charge is 0.369 e. The van der Waals surface area contributed by atoms with E-state index >= 15 is 0 Å². The van der Waals surface area contributed by atoms with E-state index in [1.807, 2.05) is 35.7 Å². The molecule has 2 aromatic carbocycles. The molecule has 3 heterocycles. The summed E-state index contributed by atoms with van der Waals surface area (Å²) in [7, 11) is 0. The van der Waals surface area contributed by atoms with Gasteiger partial charge >= 0.3 is 0 Å². The summed E-state index contributed by atoms with van der Waals surface area (Å²) in [4.78, 5) is 30.3. The van der Waals surface area contributed by atoms with Crippen molar-refractivity contribution in [2.24, 2.45) is 0 Å². The molecule has 0 radical (unpaired) electrons. The fourth-order valence-corrected chi connectivity index (χ4v) is 4.64. The number of thiophene rings is 1. The monoisotopic (exact) mass is 376 g/mol. The van der Waals surface area contributed by atoms with Gasteiger partial charge in [0.2, 0.25) is 0 Å². The van der Waals surface area contributed by atoms with Crippen molar-refractivity contribution in [1.82, 2.24) is 9.80 Å². The summed E-state index contributed by atoms with van der Waals surface area (Å²) in [6.07, 6.45) is -1.71. The molecule has 134 valence electrons. The quantitative estimate of drug-likeness (QED) is 0.760. The van der Waals surface area contributed by atoms with Gasteiger partial charge in [-0.25, -0.2) is 0 Å². The minimum atomic E-state index is -1.08. The van der Waals surface area contributed by atoms with Gasteiger partial charge in [0.05, 0.1) is 6.54 Å². The Morgan fingerprint density at radius 3 is 2.19 bits per heavy atom. The third kappa shape index (κ3) is 2.34. The second-order valence-electron chi connectivity index (χ2n) is 6.65. The molecule has 0 saturated heterocycles. The smallest absolute Gasteiger partial charge is 0.258 e. The number of aliphatic hydroxyl groups is 1. The van der Waals surface area contributed by atoms with Gasteiger partial charge in [0.25, 0.3) is 11.8 Å². The SMILES string of the molecule is O=C1c2ccccc2C(N2C(=O)c3ccccc3C2O)N1Cc1cccs1. The van der Waals surface area contributed by atoms with Crippen LogP contribution in [0.3, 0.4) is 0 Å². The van der Waals surface area contributed by atoms with E-state index in [1.54, 1.807) is 46.6 Å². The van der Waals surface area contributed by atoms with Crippen molar-refractivity contribution in [3.05, 3.63) is 93.2 Å². The van der Waals surface area contributed by atoms with Crippen molar-refractivity contribution in [2.45, 2.75) is 18.9 Å². The molecule has 3 aromatic rings. The fraction of sp³-hybridized carbons (Fsp3) is 0.143. The van der Waals surface area contributed by atoms with Gasteiger partial charge in [-0.15, -0.1) is 11.3 Å². The zero-order valence-electron chi connectivity index (χ0n) is 14.3. The Kier molecular flexibility index (Phi) is 3.63. The summed E-state index contributed by atoms with van der Waals surface area (Å²) < 4.78 is 0. The second kappa shape index (κ2) is 6.04. The topological polar surface area (TPSA) is 60.9 Å². The first-order valence-electron chi connectivity index (χ1n) is 8.69. The third-order valence-electron chi connectivity index (χ3n) is 5.16. The van der Waals surface area contributed by atoms with Gasteiger partial charge in [0, 0.05) is 27.1 Å². The number of fused-ring (bicyclic) bond motifs is 2. The molecular formula is C21H16N2O3S. The van der Waals surface area contributed by atoms with Gasteiger partial charge < -0.3 is 10.0 Å². The number of hydrogen-bond donors (Lipinski definition) is 1. The maximum atomic E-state index is 13.1. The first-order valence-corrected chi connectivity index (χ1v) is 9.56. The molecule has 1 aromatic heterocycles. The average Bonchev–Trinajstić information content (AvgIpc) is 3.36. The average molecular weight is 376 g/mol. The summed E-state index contributed by atoms with van der Waals surface area (Å²) in [5, 5.41) is 12.9. The Hall–Kier alpha value is -2.96. The number of amides is 2. The predicted molar refractivity (Wildman–Crippen MR) is 101 cm³/mol. The zero-order chi connectivity index (χ0) is 18.5. The Morgan fingerprint density at radius 2 is 1.52 bits per heavy atom. The Labute approximate surface area is 160 Å². The van der Waals surface area contributed by atoms with Crippen LogP contribution >= 0.6 is 11.3 Å². The number of carbonyl (C=O) groups is 2. The van der Waals surface area contributed by atoms with E-state index in [1.165, 1.54) is 4.90 Å². The first kappa shape index (κ1) is 16.2. The highest BCUT2D eigenvalue weighted by Crippen LogP contribution is 2.45. The van der Waals surface area contributed by atoms with E-state index in [9.17, 15) is 14.7 Å². The number of hydrogen-bond acceptors (Lipinski definition) is 4. The van der Waals surface area contributed by atoms with Crippen molar-refractivity contribution < 1.29 is 14.7 Å². The van der Waals surface area contributed by atoms with Gasteiger partial charge in [-0.1, -0.05) is 42.5 Å². The highest BCUT2D eigenvalue weighted by molar-refractivity contribution is 7.09. The molecular weight excluding hydrogens is 360 g/mol. The molecule has 6 heteroatoms. The molecule has 2 aliphatic rings. The Morgan fingerprint density at radius 1 is 0.852 bits per heavy atom. The van der Waals surface area contributed by atoms with E-state index < -0.39 is 12.4 Å². The van der Waals surface area contributed by atoms with E-state index in [2.05, 4.69) is 0 Å². The molecule has 2 aliphatic heterocycles. The van der Waals surface area contributed by atoms with Crippen molar-refractivity contribution in [1.29, 1.82) is 0 Å². The van der Waals surface area contributed by atoms with Crippen molar-refractivity contribution in [2.75, 3.05) is 0 Å². The summed E-state index contributed by atoms with van der Waals surface area (Å²) >= 11 is 1.56. The lowest BCUT2D eigenvalue weighted by molar-refractivity contribution is -0.0397. The van der Waals surface area contributed by atoms with Crippen molar-refractivity contribution in [3.63, 3.8) is 0 Å². The minimum absolute atomic E-state index is 0.125. The van der Waals surface area contributed by atoms with Crippen molar-refractivity contribution in [3.8, 4) is 0 Å². The molecule has 2 unspecified atom stereocenters. The number of nitrogens with zero attached hydrogens (tertiary/aromatic N) is 2. The molecule has 1 N–H and O–H groups in total. The predicted octanol–water partition coefficient (Wildman–Crippen LogP) is 3.55. The molecule has 0 spiro atoms. The molecule has 0 fully saturated rings. The number of carbonyl (C=O) groups excluding carboxylic acids is 2. The van der Waals surface area contributed by atoms with Gasteiger partial charge in [0.1, 0.15) is 6.17 Å². The molecule has 0 aliphatic carbocycles. The lowest BCUT2D eigenvalue weighted by Crippen LogP contribution is -2.41. The molecule has 0 saturated carbocycles. The molecule has 2 amide bonds. The Bertz CT molecular complexity index is 1050. The minimum Gasteiger partial charge on any atom is -0.369 e. The Balaban J connectivity index is 1.62. The van der Waals surface area contributed by atoms with Gasteiger partial charge in [-0.3, -0.25) is 14.5 Å². The van der Waals surface area contributed by atoms with Gasteiger partial charge in [-0.2, -0.15) is 0 Å². The molecule has 0 bridgehead atoms. The summed E-state index contributed by atoms with van der Waals surface area (Å²) in [6.45, 7) is 0.392. The van der Waals surface area contributed by atoms with Crippen LogP contribution in [0.2, 0.25) is 0 Å². The fourth-order valence-electron chi connectivity index (χ4n) is 3.94. The molecule has 5 rings (SSSR count). The van der Waals surface area contributed by atoms with Crippen LogP contribution in [0, 0.1) is 0 Å². The molecule has 5 nitrogen and oxygen atoms in total. The lowest BCUT2D eigenvalue weighted by atomic mass is 10.1. The van der Waals surface area contributed by atoms with Crippen LogP contribution < -0.4 is 0 Å². The summed E-state index contributed by atoms with van der Waals surface area (Å²) in [5.74, 6) is -0.385. The van der Waals surface area contributed by atoms with Gasteiger partial charge in [-0.05, 0) is 23.6 Å². The zero-order valence-corrected chi connectivity index (χ0v) is 15.1. The standard InChI is InChI=1S/C21H16N2O3S/c24-19-15-8-2-1-7-14(15)18(22(19)12-13-6-5-11-27-13)23-20(25)16-9-3-4-10-17(16)21(23)26/h1-11,18,20,25H,12H2. The van der Waals surface area contributed by atoms with Crippen LogP contribution in [0.15, 0.2) is 66.0 Å². The van der Waals surface area contributed by atoms with Crippen molar-refractivity contribution >= 4 is 23.2 Å². The molecule has 27 heavy (non-hydrogen) atoms. The lowest BCUT2D eigenvalue weighted by Gasteiger charge is -2.34. The van der Waals surface area contributed by atoms with Crippen LogP contribution in [0.4, 0.5) is 0 Å². The third-order valence-corrected chi connectivity index (χ3v) is 6.02.